The molecule has 2 N–H and O–H groups in total. The molecule has 0 aliphatic carbocycles. The summed E-state index contributed by atoms with van der Waals surface area (Å²) >= 11 is 0. The number of nitrogens with one attached hydrogen (secondary N) is 2. The van der Waals surface area contributed by atoms with E-state index in [-0.39, 0.29) is 6.61 Å². The van der Waals surface area contributed by atoms with Gasteiger partial charge in [0.1, 0.15) is 18.1 Å². The molecule has 0 saturated carbocycles. The monoisotopic (exact) mass is 386 g/mol. The highest BCUT2D eigenvalue weighted by atomic mass is 16.5. The van der Waals surface area contributed by atoms with E-state index in [9.17, 15) is 9.59 Å². The van der Waals surface area contributed by atoms with Gasteiger partial charge in [0, 0.05) is 6.61 Å². The van der Waals surface area contributed by atoms with Gasteiger partial charge in [-0.15, -0.1) is 0 Å². The molecule has 2 amide bonds. The third-order valence-corrected chi connectivity index (χ3v) is 3.70. The molecule has 0 heterocycles. The topological polar surface area (TPSA) is 85.9 Å². The number of hydrogen-bond donors (Lipinski definition) is 2. The van der Waals surface area contributed by atoms with Crippen LogP contribution in [0.4, 0.5) is 0 Å². The molecule has 0 atom stereocenters. The fourth-order valence-corrected chi connectivity index (χ4v) is 2.53. The number of para-hydroxylation sites is 1. The third kappa shape index (κ3) is 6.92. The average Bonchev–Trinajstić information content (AvgIpc) is 2.67. The molecule has 0 aliphatic heterocycles. The maximum Gasteiger partial charge on any atom is 0.276 e. The van der Waals surface area contributed by atoms with Crippen molar-refractivity contribution in [1.82, 2.24) is 10.9 Å². The van der Waals surface area contributed by atoms with Gasteiger partial charge in [-0.2, -0.15) is 0 Å². The summed E-state index contributed by atoms with van der Waals surface area (Å²) in [6.07, 6.45) is 0. The number of hydrazine groups is 1. The highest BCUT2D eigenvalue weighted by Crippen LogP contribution is 2.18. The molecule has 0 radical (unpaired) electrons. The lowest BCUT2D eigenvalue weighted by atomic mass is 10.1. The SMILES string of the molecule is CCOCCOc1ccccc1C(=O)NNC(=O)COc1cc(C)cc(C)c1. The first-order valence-corrected chi connectivity index (χ1v) is 9.09. The van der Waals surface area contributed by atoms with Crippen molar-refractivity contribution < 1.29 is 23.8 Å². The van der Waals surface area contributed by atoms with Crippen LogP contribution in [0.5, 0.6) is 11.5 Å². The normalized spacial score (nSPS) is 10.2. The number of rotatable bonds is 9. The van der Waals surface area contributed by atoms with Gasteiger partial charge in [0.25, 0.3) is 11.8 Å². The van der Waals surface area contributed by atoms with Crippen LogP contribution in [0, 0.1) is 13.8 Å². The Bertz CT molecular complexity index is 787. The van der Waals surface area contributed by atoms with Gasteiger partial charge in [-0.05, 0) is 56.2 Å². The fraction of sp³-hybridized carbons (Fsp3) is 0.333. The number of amides is 2. The van der Waals surface area contributed by atoms with E-state index in [0.29, 0.717) is 36.9 Å². The highest BCUT2D eigenvalue weighted by Gasteiger charge is 2.13. The van der Waals surface area contributed by atoms with Crippen LogP contribution in [0.2, 0.25) is 0 Å². The number of benzene rings is 2. The van der Waals surface area contributed by atoms with Crippen molar-refractivity contribution in [2.24, 2.45) is 0 Å². The Balaban J connectivity index is 1.83. The number of hydrogen-bond acceptors (Lipinski definition) is 5. The van der Waals surface area contributed by atoms with E-state index in [0.717, 1.165) is 11.1 Å². The van der Waals surface area contributed by atoms with Gasteiger partial charge < -0.3 is 14.2 Å². The van der Waals surface area contributed by atoms with Crippen LogP contribution in [0.25, 0.3) is 0 Å². The largest absolute Gasteiger partial charge is 0.490 e. The minimum atomic E-state index is -0.480. The van der Waals surface area contributed by atoms with E-state index in [1.165, 1.54) is 0 Å². The van der Waals surface area contributed by atoms with Crippen molar-refractivity contribution in [2.45, 2.75) is 20.8 Å². The second-order valence-electron chi connectivity index (χ2n) is 6.16. The van der Waals surface area contributed by atoms with E-state index in [4.69, 9.17) is 14.2 Å². The van der Waals surface area contributed by atoms with E-state index >= 15 is 0 Å². The van der Waals surface area contributed by atoms with Crippen molar-refractivity contribution >= 4 is 11.8 Å². The van der Waals surface area contributed by atoms with Gasteiger partial charge in [-0.1, -0.05) is 18.2 Å². The molecule has 2 aromatic rings. The second kappa shape index (κ2) is 10.9. The van der Waals surface area contributed by atoms with Gasteiger partial charge in [0.15, 0.2) is 6.61 Å². The molecule has 0 saturated heterocycles. The molecule has 0 aromatic heterocycles. The second-order valence-corrected chi connectivity index (χ2v) is 6.16. The first kappa shape index (κ1) is 21.2. The first-order chi connectivity index (χ1) is 13.5. The lowest BCUT2D eigenvalue weighted by molar-refractivity contribution is -0.123. The molecule has 150 valence electrons. The van der Waals surface area contributed by atoms with Crippen LogP contribution in [0.1, 0.15) is 28.4 Å². The lowest BCUT2D eigenvalue weighted by Crippen LogP contribution is -2.44. The van der Waals surface area contributed by atoms with Crippen molar-refractivity contribution in [2.75, 3.05) is 26.4 Å². The Kier molecular flexibility index (Phi) is 8.30. The molecule has 0 unspecified atom stereocenters. The van der Waals surface area contributed by atoms with E-state index in [1.807, 2.05) is 39.0 Å². The Morgan fingerprint density at radius 3 is 2.36 bits per heavy atom. The average molecular weight is 386 g/mol. The molecule has 2 rings (SSSR count). The molecule has 7 nitrogen and oxygen atoms in total. The summed E-state index contributed by atoms with van der Waals surface area (Å²) in [7, 11) is 0. The quantitative estimate of drug-likeness (QED) is 0.511. The van der Waals surface area contributed by atoms with Crippen molar-refractivity contribution in [3.63, 3.8) is 0 Å². The zero-order chi connectivity index (χ0) is 20.4. The summed E-state index contributed by atoms with van der Waals surface area (Å²) in [5.41, 5.74) is 7.12. The summed E-state index contributed by atoms with van der Waals surface area (Å²) in [5, 5.41) is 0. The molecule has 0 fully saturated rings. The highest BCUT2D eigenvalue weighted by molar-refractivity contribution is 5.97. The molecular weight excluding hydrogens is 360 g/mol. The molecule has 2 aromatic carbocycles. The van der Waals surface area contributed by atoms with Gasteiger partial charge >= 0.3 is 0 Å². The molecule has 7 heteroatoms. The van der Waals surface area contributed by atoms with E-state index in [2.05, 4.69) is 10.9 Å². The summed E-state index contributed by atoms with van der Waals surface area (Å²) in [4.78, 5) is 24.3. The van der Waals surface area contributed by atoms with E-state index in [1.54, 1.807) is 24.3 Å². The molecule has 28 heavy (non-hydrogen) atoms. The number of carbonyl (C=O) groups excluding carboxylic acids is 2. The van der Waals surface area contributed by atoms with Crippen LogP contribution in [-0.2, 0) is 9.53 Å². The van der Waals surface area contributed by atoms with E-state index < -0.39 is 11.8 Å². The Hall–Kier alpha value is -3.06. The van der Waals surface area contributed by atoms with Crippen LogP contribution >= 0.6 is 0 Å². The predicted octanol–water partition coefficient (Wildman–Crippen LogP) is 2.56. The predicted molar refractivity (Wildman–Crippen MR) is 105 cm³/mol. The fourth-order valence-electron chi connectivity index (χ4n) is 2.53. The zero-order valence-corrected chi connectivity index (χ0v) is 16.4. The minimum Gasteiger partial charge on any atom is -0.490 e. The first-order valence-electron chi connectivity index (χ1n) is 9.09. The lowest BCUT2D eigenvalue weighted by Gasteiger charge is -2.13. The van der Waals surface area contributed by atoms with Crippen molar-refractivity contribution in [3.05, 3.63) is 59.2 Å². The maximum atomic E-state index is 12.3. The Labute approximate surface area is 165 Å². The summed E-state index contributed by atoms with van der Waals surface area (Å²) in [6, 6.07) is 12.5. The maximum absolute atomic E-state index is 12.3. The zero-order valence-electron chi connectivity index (χ0n) is 16.4. The molecule has 0 spiro atoms. The van der Waals surface area contributed by atoms with Gasteiger partial charge in [-0.3, -0.25) is 20.4 Å². The molecule has 0 aliphatic rings. The van der Waals surface area contributed by atoms with Crippen molar-refractivity contribution in [3.8, 4) is 11.5 Å². The summed E-state index contributed by atoms with van der Waals surface area (Å²) in [6.45, 7) is 6.95. The van der Waals surface area contributed by atoms with Gasteiger partial charge in [0.2, 0.25) is 0 Å². The number of aryl methyl sites for hydroxylation is 2. The smallest absolute Gasteiger partial charge is 0.276 e. The number of ether oxygens (including phenoxy) is 3. The molecule has 0 bridgehead atoms. The minimum absolute atomic E-state index is 0.213. The van der Waals surface area contributed by atoms with Crippen LogP contribution in [0.15, 0.2) is 42.5 Å². The van der Waals surface area contributed by atoms with Crippen LogP contribution in [-0.4, -0.2) is 38.2 Å². The standard InChI is InChI=1S/C21H26N2O5/c1-4-26-9-10-27-19-8-6-5-7-18(19)21(25)23-22-20(24)14-28-17-12-15(2)11-16(3)13-17/h5-8,11-13H,4,9-10,14H2,1-3H3,(H,22,24)(H,23,25). The van der Waals surface area contributed by atoms with Crippen LogP contribution in [0.3, 0.4) is 0 Å². The summed E-state index contributed by atoms with van der Waals surface area (Å²) in [5.74, 6) is 0.0708. The van der Waals surface area contributed by atoms with Gasteiger partial charge in [-0.25, -0.2) is 0 Å². The summed E-state index contributed by atoms with van der Waals surface area (Å²) < 4.78 is 16.3. The Morgan fingerprint density at radius 2 is 1.64 bits per heavy atom. The van der Waals surface area contributed by atoms with Gasteiger partial charge in [0.05, 0.1) is 12.2 Å². The Morgan fingerprint density at radius 1 is 0.929 bits per heavy atom. The number of carbonyl (C=O) groups is 2. The third-order valence-electron chi connectivity index (χ3n) is 3.70. The van der Waals surface area contributed by atoms with Crippen molar-refractivity contribution in [1.29, 1.82) is 0 Å². The van der Waals surface area contributed by atoms with Crippen LogP contribution < -0.4 is 20.3 Å². The molecular formula is C21H26N2O5.